The highest BCUT2D eigenvalue weighted by molar-refractivity contribution is 5.97. The Balaban J connectivity index is 2.08. The predicted molar refractivity (Wildman–Crippen MR) is 58.8 cm³/mol. The smallest absolute Gasteiger partial charge is 0.170 e. The van der Waals surface area contributed by atoms with Crippen molar-refractivity contribution >= 4 is 5.84 Å². The molecular formula is C11H14FN3O. The van der Waals surface area contributed by atoms with E-state index in [1.807, 2.05) is 0 Å². The van der Waals surface area contributed by atoms with Crippen LogP contribution in [-0.4, -0.2) is 17.1 Å². The molecule has 2 rings (SSSR count). The maximum absolute atomic E-state index is 13.6. The highest BCUT2D eigenvalue weighted by atomic mass is 19.1. The van der Waals surface area contributed by atoms with Crippen molar-refractivity contribution in [3.63, 3.8) is 0 Å². The molecule has 1 saturated carbocycles. The number of rotatable bonds is 4. The number of halogens is 1. The van der Waals surface area contributed by atoms with Gasteiger partial charge in [0.15, 0.2) is 5.84 Å². The third-order valence-electron chi connectivity index (χ3n) is 2.62. The zero-order valence-corrected chi connectivity index (χ0v) is 8.78. The summed E-state index contributed by atoms with van der Waals surface area (Å²) in [5.74, 6) is -0.419. The van der Waals surface area contributed by atoms with E-state index in [0.29, 0.717) is 23.7 Å². The van der Waals surface area contributed by atoms with E-state index in [2.05, 4.69) is 10.5 Å². The number of oxime groups is 1. The normalized spacial score (nSPS) is 16.4. The average Bonchev–Trinajstić information content (AvgIpc) is 3.10. The molecule has 1 aromatic rings. The quantitative estimate of drug-likeness (QED) is 0.310. The van der Waals surface area contributed by atoms with Gasteiger partial charge >= 0.3 is 0 Å². The van der Waals surface area contributed by atoms with Crippen LogP contribution in [0.3, 0.4) is 0 Å². The van der Waals surface area contributed by atoms with E-state index in [0.717, 1.165) is 0 Å². The maximum Gasteiger partial charge on any atom is 0.170 e. The molecule has 1 aliphatic carbocycles. The van der Waals surface area contributed by atoms with E-state index >= 15 is 0 Å². The summed E-state index contributed by atoms with van der Waals surface area (Å²) < 4.78 is 13.6. The van der Waals surface area contributed by atoms with Crippen LogP contribution in [0.25, 0.3) is 0 Å². The third-order valence-corrected chi connectivity index (χ3v) is 2.62. The Kier molecular flexibility index (Phi) is 3.05. The average molecular weight is 223 g/mol. The molecule has 4 nitrogen and oxygen atoms in total. The van der Waals surface area contributed by atoms with E-state index in [9.17, 15) is 4.39 Å². The number of nitrogens with zero attached hydrogens (tertiary/aromatic N) is 1. The first-order valence-corrected chi connectivity index (χ1v) is 5.20. The maximum atomic E-state index is 13.6. The summed E-state index contributed by atoms with van der Waals surface area (Å²) in [7, 11) is 0. The summed E-state index contributed by atoms with van der Waals surface area (Å²) in [6.07, 6.45) is 2.34. The molecule has 0 saturated heterocycles. The summed E-state index contributed by atoms with van der Waals surface area (Å²) in [5, 5.41) is 14.5. The molecule has 4 N–H and O–H groups in total. The Morgan fingerprint density at radius 3 is 2.88 bits per heavy atom. The molecule has 0 atom stereocenters. The van der Waals surface area contributed by atoms with Crippen molar-refractivity contribution in [1.82, 2.24) is 5.32 Å². The van der Waals surface area contributed by atoms with Gasteiger partial charge in [0.25, 0.3) is 0 Å². The standard InChI is InChI=1S/C11H14FN3O/c12-10-5-7(11(13)15-16)1-2-8(10)6-14-9-3-4-9/h1-2,5,9,14,16H,3-4,6H2,(H2,13,15). The number of nitrogens with two attached hydrogens (primary N) is 1. The molecule has 0 unspecified atom stereocenters. The monoisotopic (exact) mass is 223 g/mol. The molecule has 1 aliphatic rings. The third kappa shape index (κ3) is 2.49. The lowest BCUT2D eigenvalue weighted by Gasteiger charge is -2.06. The van der Waals surface area contributed by atoms with Gasteiger partial charge in [0.2, 0.25) is 0 Å². The Morgan fingerprint density at radius 1 is 1.56 bits per heavy atom. The minimum absolute atomic E-state index is 0.0828. The SMILES string of the molecule is NC(=NO)c1ccc(CNC2CC2)c(F)c1. The van der Waals surface area contributed by atoms with Crippen LogP contribution in [0.2, 0.25) is 0 Å². The van der Waals surface area contributed by atoms with Gasteiger partial charge in [-0.05, 0) is 18.9 Å². The lowest BCUT2D eigenvalue weighted by atomic mass is 10.1. The second kappa shape index (κ2) is 4.49. The molecule has 0 aromatic heterocycles. The highest BCUT2D eigenvalue weighted by Crippen LogP contribution is 2.20. The van der Waals surface area contributed by atoms with E-state index in [4.69, 9.17) is 10.9 Å². The molecule has 0 heterocycles. The molecule has 1 aromatic carbocycles. The Labute approximate surface area is 92.9 Å². The topological polar surface area (TPSA) is 70.6 Å². The van der Waals surface area contributed by atoms with Crippen molar-refractivity contribution in [2.75, 3.05) is 0 Å². The van der Waals surface area contributed by atoms with Gasteiger partial charge in [0.05, 0.1) is 0 Å². The first-order chi connectivity index (χ1) is 7.70. The lowest BCUT2D eigenvalue weighted by molar-refractivity contribution is 0.318. The summed E-state index contributed by atoms with van der Waals surface area (Å²) in [5.41, 5.74) is 6.35. The van der Waals surface area contributed by atoms with Crippen molar-refractivity contribution < 1.29 is 9.60 Å². The van der Waals surface area contributed by atoms with Gasteiger partial charge in [-0.2, -0.15) is 0 Å². The Bertz CT molecular complexity index is 416. The fourth-order valence-corrected chi connectivity index (χ4v) is 1.45. The molecular weight excluding hydrogens is 209 g/mol. The molecule has 1 fully saturated rings. The van der Waals surface area contributed by atoms with Crippen LogP contribution in [0.4, 0.5) is 4.39 Å². The molecule has 16 heavy (non-hydrogen) atoms. The molecule has 0 bridgehead atoms. The van der Waals surface area contributed by atoms with Crippen molar-refractivity contribution in [1.29, 1.82) is 0 Å². The zero-order valence-electron chi connectivity index (χ0n) is 8.78. The molecule has 0 aliphatic heterocycles. The van der Waals surface area contributed by atoms with Crippen LogP contribution in [0.15, 0.2) is 23.4 Å². The zero-order chi connectivity index (χ0) is 11.5. The second-order valence-electron chi connectivity index (χ2n) is 3.95. The van der Waals surface area contributed by atoms with Crippen LogP contribution >= 0.6 is 0 Å². The minimum atomic E-state index is -0.336. The van der Waals surface area contributed by atoms with Crippen LogP contribution in [-0.2, 0) is 6.54 Å². The van der Waals surface area contributed by atoms with Crippen molar-refractivity contribution in [3.8, 4) is 0 Å². The van der Waals surface area contributed by atoms with E-state index < -0.39 is 0 Å². The summed E-state index contributed by atoms with van der Waals surface area (Å²) in [4.78, 5) is 0. The number of hydrogen-bond donors (Lipinski definition) is 3. The van der Waals surface area contributed by atoms with Crippen molar-refractivity contribution in [2.45, 2.75) is 25.4 Å². The molecule has 5 heteroatoms. The fraction of sp³-hybridized carbons (Fsp3) is 0.364. The van der Waals surface area contributed by atoms with Gasteiger partial charge in [0, 0.05) is 23.7 Å². The van der Waals surface area contributed by atoms with Crippen LogP contribution < -0.4 is 11.1 Å². The van der Waals surface area contributed by atoms with Gasteiger partial charge in [-0.3, -0.25) is 0 Å². The van der Waals surface area contributed by atoms with Crippen molar-refractivity contribution in [2.24, 2.45) is 10.9 Å². The number of hydrogen-bond acceptors (Lipinski definition) is 3. The highest BCUT2D eigenvalue weighted by Gasteiger charge is 2.20. The summed E-state index contributed by atoms with van der Waals surface area (Å²) in [6.45, 7) is 0.521. The predicted octanol–water partition coefficient (Wildman–Crippen LogP) is 1.17. The van der Waals surface area contributed by atoms with Crippen LogP contribution in [0.1, 0.15) is 24.0 Å². The van der Waals surface area contributed by atoms with E-state index in [1.54, 1.807) is 12.1 Å². The Hall–Kier alpha value is -1.62. The van der Waals surface area contributed by atoms with E-state index in [1.165, 1.54) is 18.9 Å². The lowest BCUT2D eigenvalue weighted by Crippen LogP contribution is -2.17. The largest absolute Gasteiger partial charge is 0.409 e. The van der Waals surface area contributed by atoms with Gasteiger partial charge in [-0.25, -0.2) is 4.39 Å². The van der Waals surface area contributed by atoms with Crippen LogP contribution in [0.5, 0.6) is 0 Å². The van der Waals surface area contributed by atoms with Gasteiger partial charge < -0.3 is 16.3 Å². The fourth-order valence-electron chi connectivity index (χ4n) is 1.45. The first-order valence-electron chi connectivity index (χ1n) is 5.20. The van der Waals surface area contributed by atoms with Gasteiger partial charge in [0.1, 0.15) is 5.82 Å². The second-order valence-corrected chi connectivity index (χ2v) is 3.95. The first kappa shape index (κ1) is 10.9. The van der Waals surface area contributed by atoms with Gasteiger partial charge in [-0.15, -0.1) is 0 Å². The Morgan fingerprint density at radius 2 is 2.31 bits per heavy atom. The molecule has 0 spiro atoms. The summed E-state index contributed by atoms with van der Waals surface area (Å²) in [6, 6.07) is 5.11. The number of nitrogens with one attached hydrogen (secondary N) is 1. The van der Waals surface area contributed by atoms with Crippen molar-refractivity contribution in [3.05, 3.63) is 35.1 Å². The van der Waals surface area contributed by atoms with Gasteiger partial charge in [-0.1, -0.05) is 17.3 Å². The molecule has 86 valence electrons. The number of benzene rings is 1. The summed E-state index contributed by atoms with van der Waals surface area (Å²) >= 11 is 0. The van der Waals surface area contributed by atoms with Crippen LogP contribution in [0, 0.1) is 5.82 Å². The minimum Gasteiger partial charge on any atom is -0.409 e. The molecule has 0 amide bonds. The molecule has 0 radical (unpaired) electrons. The van der Waals surface area contributed by atoms with E-state index in [-0.39, 0.29) is 11.7 Å². The number of amidine groups is 1.